The molecule has 1 aliphatic heterocycles. The van der Waals surface area contributed by atoms with Gasteiger partial charge < -0.3 is 0 Å². The van der Waals surface area contributed by atoms with E-state index in [4.69, 9.17) is 11.6 Å². The molecular weight excluding hydrogens is 392 g/mol. The number of carbonyl (C=O) groups excluding carboxylic acids is 1. The number of nitrogens with zero attached hydrogens (tertiary/aromatic N) is 2. The Bertz CT molecular complexity index is 972. The molecule has 0 N–H and O–H groups in total. The lowest BCUT2D eigenvalue weighted by Gasteiger charge is -2.23. The monoisotopic (exact) mass is 408 g/mol. The number of amidine groups is 1. The van der Waals surface area contributed by atoms with Crippen LogP contribution in [0.25, 0.3) is 0 Å². The van der Waals surface area contributed by atoms with Gasteiger partial charge >= 0.3 is 0 Å². The number of amides is 1. The van der Waals surface area contributed by atoms with Gasteiger partial charge in [0.15, 0.2) is 15.0 Å². The van der Waals surface area contributed by atoms with Gasteiger partial charge in [0.1, 0.15) is 0 Å². The molecule has 0 aromatic heterocycles. The third-order valence-corrected chi connectivity index (χ3v) is 6.38. The summed E-state index contributed by atoms with van der Waals surface area (Å²) in [7, 11) is -3.55. The number of anilines is 1. The molecule has 1 amide bonds. The molecule has 136 valence electrons. The van der Waals surface area contributed by atoms with Gasteiger partial charge in [-0.3, -0.25) is 14.7 Å². The summed E-state index contributed by atoms with van der Waals surface area (Å²) in [5, 5.41) is 1.10. The number of hydrogen-bond donors (Lipinski definition) is 0. The highest BCUT2D eigenvalue weighted by Crippen LogP contribution is 2.29. The van der Waals surface area contributed by atoms with E-state index < -0.39 is 15.7 Å². The number of benzene rings is 2. The largest absolute Gasteiger partial charge is 0.268 e. The predicted molar refractivity (Wildman–Crippen MR) is 107 cm³/mol. The zero-order valence-electron chi connectivity index (χ0n) is 14.2. The number of carbonyl (C=O) groups is 1. The van der Waals surface area contributed by atoms with E-state index >= 15 is 0 Å². The van der Waals surface area contributed by atoms with Gasteiger partial charge in [-0.15, -0.1) is 0 Å². The topological polar surface area (TPSA) is 66.8 Å². The van der Waals surface area contributed by atoms with E-state index in [1.54, 1.807) is 36.4 Å². The summed E-state index contributed by atoms with van der Waals surface area (Å²) in [6.07, 6.45) is 1.09. The second-order valence-electron chi connectivity index (χ2n) is 5.96. The van der Waals surface area contributed by atoms with Gasteiger partial charge in [-0.25, -0.2) is 8.42 Å². The van der Waals surface area contributed by atoms with E-state index in [2.05, 4.69) is 4.99 Å². The summed E-state index contributed by atoms with van der Waals surface area (Å²) in [6, 6.07) is 13.1. The van der Waals surface area contributed by atoms with E-state index in [1.165, 1.54) is 28.8 Å². The maximum Gasteiger partial charge on any atom is 0.265 e. The van der Waals surface area contributed by atoms with Crippen LogP contribution in [-0.2, 0) is 9.84 Å². The zero-order valence-corrected chi connectivity index (χ0v) is 16.6. The van der Waals surface area contributed by atoms with E-state index in [0.29, 0.717) is 15.9 Å². The van der Waals surface area contributed by atoms with E-state index in [0.717, 1.165) is 12.0 Å². The molecule has 0 fully saturated rings. The van der Waals surface area contributed by atoms with Gasteiger partial charge in [-0.2, -0.15) is 0 Å². The third-order valence-electron chi connectivity index (χ3n) is 3.78. The number of sulfone groups is 1. The molecule has 26 heavy (non-hydrogen) atoms. The number of thioether (sulfide) groups is 1. The number of hydrogen-bond acceptors (Lipinski definition) is 5. The molecule has 0 unspecified atom stereocenters. The van der Waals surface area contributed by atoms with Crippen molar-refractivity contribution >= 4 is 50.0 Å². The molecule has 5 nitrogen and oxygen atoms in total. The minimum atomic E-state index is -3.55. The quantitative estimate of drug-likeness (QED) is 0.772. The highest BCUT2D eigenvalue weighted by molar-refractivity contribution is 8.14. The Morgan fingerprint density at radius 2 is 1.85 bits per heavy atom. The minimum Gasteiger partial charge on any atom is -0.268 e. The Balaban J connectivity index is 2.13. The Labute approximate surface area is 162 Å². The Morgan fingerprint density at radius 3 is 2.42 bits per heavy atom. The van der Waals surface area contributed by atoms with Crippen LogP contribution in [-0.4, -0.2) is 37.5 Å². The standard InChI is InChI=1S/C18H17ClN2O3S2/c1-12-11-25-18(20-12)21(14-9-7-13(19)8-10-14)17(22)15-5-3-4-6-16(15)26(2,23)24/h3-10,12H,11H2,1-2H3/t12-/m1/s1. The smallest absolute Gasteiger partial charge is 0.265 e. The van der Waals surface area contributed by atoms with Crippen molar-refractivity contribution in [2.24, 2.45) is 4.99 Å². The molecule has 3 rings (SSSR count). The van der Waals surface area contributed by atoms with Crippen LogP contribution < -0.4 is 4.90 Å². The predicted octanol–water partition coefficient (Wildman–Crippen LogP) is 3.88. The van der Waals surface area contributed by atoms with Crippen LogP contribution in [0, 0.1) is 0 Å². The summed E-state index contributed by atoms with van der Waals surface area (Å²) in [6.45, 7) is 1.97. The Kier molecular flexibility index (Phi) is 5.41. The van der Waals surface area contributed by atoms with Crippen LogP contribution in [0.2, 0.25) is 5.02 Å². The number of rotatable bonds is 3. The second-order valence-corrected chi connectivity index (χ2v) is 9.36. The SMILES string of the molecule is C[C@@H]1CSC(N(C(=O)c2ccccc2S(C)(=O)=O)c2ccc(Cl)cc2)=N1. The molecular formula is C18H17ClN2O3S2. The van der Waals surface area contributed by atoms with Crippen molar-refractivity contribution in [3.63, 3.8) is 0 Å². The van der Waals surface area contributed by atoms with Gasteiger partial charge in [0, 0.05) is 17.0 Å². The summed E-state index contributed by atoms with van der Waals surface area (Å²) in [5.41, 5.74) is 0.704. The molecule has 0 radical (unpaired) electrons. The van der Waals surface area contributed by atoms with Crippen molar-refractivity contribution < 1.29 is 13.2 Å². The van der Waals surface area contributed by atoms with Crippen molar-refractivity contribution in [2.45, 2.75) is 17.9 Å². The fourth-order valence-electron chi connectivity index (χ4n) is 2.57. The highest BCUT2D eigenvalue weighted by atomic mass is 35.5. The van der Waals surface area contributed by atoms with Gasteiger partial charge in [-0.05, 0) is 43.3 Å². The van der Waals surface area contributed by atoms with Gasteiger partial charge in [-0.1, -0.05) is 35.5 Å². The lowest BCUT2D eigenvalue weighted by atomic mass is 10.2. The lowest BCUT2D eigenvalue weighted by molar-refractivity contribution is 0.1000. The molecule has 2 aromatic carbocycles. The van der Waals surface area contributed by atoms with Crippen LogP contribution in [0.1, 0.15) is 17.3 Å². The van der Waals surface area contributed by atoms with Crippen molar-refractivity contribution in [3.8, 4) is 0 Å². The maximum absolute atomic E-state index is 13.3. The molecule has 1 aliphatic rings. The van der Waals surface area contributed by atoms with E-state index in [1.807, 2.05) is 6.92 Å². The average Bonchev–Trinajstić information content (AvgIpc) is 3.02. The Morgan fingerprint density at radius 1 is 1.19 bits per heavy atom. The van der Waals surface area contributed by atoms with Crippen LogP contribution in [0.4, 0.5) is 5.69 Å². The fourth-order valence-corrected chi connectivity index (χ4v) is 4.62. The van der Waals surface area contributed by atoms with Gasteiger partial charge in [0.25, 0.3) is 5.91 Å². The highest BCUT2D eigenvalue weighted by Gasteiger charge is 2.30. The zero-order chi connectivity index (χ0) is 18.9. The van der Waals surface area contributed by atoms with Crippen molar-refractivity contribution in [1.82, 2.24) is 0 Å². The first-order valence-electron chi connectivity index (χ1n) is 7.87. The molecule has 2 aromatic rings. The van der Waals surface area contributed by atoms with Gasteiger partial charge in [0.05, 0.1) is 22.2 Å². The molecule has 1 heterocycles. The van der Waals surface area contributed by atoms with E-state index in [-0.39, 0.29) is 16.5 Å². The molecule has 0 aliphatic carbocycles. The first-order valence-corrected chi connectivity index (χ1v) is 11.1. The molecule has 1 atom stereocenters. The molecule has 0 saturated heterocycles. The van der Waals surface area contributed by atoms with Crippen LogP contribution in [0.3, 0.4) is 0 Å². The van der Waals surface area contributed by atoms with Crippen molar-refractivity contribution in [1.29, 1.82) is 0 Å². The van der Waals surface area contributed by atoms with Crippen LogP contribution >= 0.6 is 23.4 Å². The van der Waals surface area contributed by atoms with E-state index in [9.17, 15) is 13.2 Å². The fraction of sp³-hybridized carbons (Fsp3) is 0.222. The second kappa shape index (κ2) is 7.42. The average molecular weight is 409 g/mol. The summed E-state index contributed by atoms with van der Waals surface area (Å²) in [5.74, 6) is 0.328. The van der Waals surface area contributed by atoms with Crippen LogP contribution in [0.5, 0.6) is 0 Å². The first-order chi connectivity index (χ1) is 12.3. The summed E-state index contributed by atoms with van der Waals surface area (Å²) >= 11 is 7.43. The minimum absolute atomic E-state index is 0.000564. The number of aliphatic imine (C=N–C) groups is 1. The van der Waals surface area contributed by atoms with Gasteiger partial charge in [0.2, 0.25) is 0 Å². The molecule has 0 saturated carbocycles. The maximum atomic E-state index is 13.3. The third kappa shape index (κ3) is 3.95. The molecule has 8 heteroatoms. The lowest BCUT2D eigenvalue weighted by Crippen LogP contribution is -2.35. The molecule has 0 bridgehead atoms. The Hall–Kier alpha value is -1.83. The normalized spacial score (nSPS) is 17.0. The molecule has 0 spiro atoms. The van der Waals surface area contributed by atoms with Crippen molar-refractivity contribution in [3.05, 3.63) is 59.1 Å². The first kappa shape index (κ1) is 18.9. The summed E-state index contributed by atoms with van der Waals surface area (Å²) < 4.78 is 24.2. The van der Waals surface area contributed by atoms with Crippen LogP contribution in [0.15, 0.2) is 58.4 Å². The number of halogens is 1. The van der Waals surface area contributed by atoms with Crippen molar-refractivity contribution in [2.75, 3.05) is 16.9 Å². The summed E-state index contributed by atoms with van der Waals surface area (Å²) in [4.78, 5) is 19.3.